The van der Waals surface area contributed by atoms with Crippen molar-refractivity contribution in [3.8, 4) is 0 Å². The van der Waals surface area contributed by atoms with Crippen molar-refractivity contribution in [3.05, 3.63) is 0 Å². The topological polar surface area (TPSA) is 69.8 Å². The Balaban J connectivity index is 2.39. The van der Waals surface area contributed by atoms with E-state index in [4.69, 9.17) is 10.8 Å². The van der Waals surface area contributed by atoms with E-state index in [1.807, 2.05) is 4.90 Å². The van der Waals surface area contributed by atoms with E-state index < -0.39 is 0 Å². The van der Waals surface area contributed by atoms with E-state index in [0.29, 0.717) is 13.1 Å². The maximum atomic E-state index is 12.2. The standard InChI is InChI=1S/C12H25N3O2/c1-2-3-11(10-13)12(17)15-6-4-14(5-7-15)8-9-16/h11,16H,2-10,13H2,1H3. The molecule has 1 saturated heterocycles. The molecule has 0 bridgehead atoms. The van der Waals surface area contributed by atoms with E-state index in [2.05, 4.69) is 11.8 Å². The predicted molar refractivity (Wildman–Crippen MR) is 67.6 cm³/mol. The van der Waals surface area contributed by atoms with Crippen LogP contribution in [0.1, 0.15) is 19.8 Å². The van der Waals surface area contributed by atoms with Gasteiger partial charge in [0, 0.05) is 39.3 Å². The average molecular weight is 243 g/mol. The minimum Gasteiger partial charge on any atom is -0.395 e. The zero-order valence-electron chi connectivity index (χ0n) is 10.8. The van der Waals surface area contributed by atoms with Crippen molar-refractivity contribution in [1.82, 2.24) is 9.80 Å². The van der Waals surface area contributed by atoms with Crippen molar-refractivity contribution in [1.29, 1.82) is 0 Å². The van der Waals surface area contributed by atoms with Gasteiger partial charge in [-0.25, -0.2) is 0 Å². The van der Waals surface area contributed by atoms with Crippen molar-refractivity contribution in [2.45, 2.75) is 19.8 Å². The summed E-state index contributed by atoms with van der Waals surface area (Å²) >= 11 is 0. The molecule has 0 saturated carbocycles. The van der Waals surface area contributed by atoms with Crippen molar-refractivity contribution in [3.63, 3.8) is 0 Å². The van der Waals surface area contributed by atoms with Crippen LogP contribution in [0.2, 0.25) is 0 Å². The van der Waals surface area contributed by atoms with Gasteiger partial charge in [-0.1, -0.05) is 13.3 Å². The highest BCUT2D eigenvalue weighted by atomic mass is 16.3. The fraction of sp³-hybridized carbons (Fsp3) is 0.917. The van der Waals surface area contributed by atoms with Crippen molar-refractivity contribution in [2.24, 2.45) is 11.7 Å². The third-order valence-electron chi connectivity index (χ3n) is 3.37. The maximum Gasteiger partial charge on any atom is 0.227 e. The summed E-state index contributed by atoms with van der Waals surface area (Å²) in [6, 6.07) is 0. The number of aliphatic hydroxyl groups is 1. The van der Waals surface area contributed by atoms with Crippen molar-refractivity contribution in [2.75, 3.05) is 45.9 Å². The molecule has 17 heavy (non-hydrogen) atoms. The molecule has 1 atom stereocenters. The molecule has 5 nitrogen and oxygen atoms in total. The molecule has 1 fully saturated rings. The minimum atomic E-state index is -0.00982. The molecule has 5 heteroatoms. The number of rotatable bonds is 6. The molecule has 1 aliphatic rings. The van der Waals surface area contributed by atoms with E-state index >= 15 is 0 Å². The van der Waals surface area contributed by atoms with Gasteiger partial charge in [-0.3, -0.25) is 9.69 Å². The molecule has 0 aromatic heterocycles. The number of β-amino-alcohol motifs (C(OH)–C–C–N with tert-alkyl or cyclic N) is 1. The van der Waals surface area contributed by atoms with Gasteiger partial charge in [-0.15, -0.1) is 0 Å². The van der Waals surface area contributed by atoms with Crippen LogP contribution in [0.3, 0.4) is 0 Å². The third kappa shape index (κ3) is 4.26. The largest absolute Gasteiger partial charge is 0.395 e. The normalized spacial score (nSPS) is 19.4. The second-order valence-electron chi connectivity index (χ2n) is 4.61. The highest BCUT2D eigenvalue weighted by molar-refractivity contribution is 5.79. The Bertz CT molecular complexity index is 228. The van der Waals surface area contributed by atoms with Crippen LogP contribution in [0.4, 0.5) is 0 Å². The van der Waals surface area contributed by atoms with Gasteiger partial charge in [0.25, 0.3) is 0 Å². The Hall–Kier alpha value is -0.650. The van der Waals surface area contributed by atoms with Gasteiger partial charge in [0.1, 0.15) is 0 Å². The summed E-state index contributed by atoms with van der Waals surface area (Å²) in [6.45, 7) is 6.66. The quantitative estimate of drug-likeness (QED) is 0.660. The molecule has 0 aliphatic carbocycles. The van der Waals surface area contributed by atoms with E-state index in [0.717, 1.165) is 39.0 Å². The zero-order chi connectivity index (χ0) is 12.7. The summed E-state index contributed by atoms with van der Waals surface area (Å²) < 4.78 is 0. The van der Waals surface area contributed by atoms with Crippen LogP contribution in [0, 0.1) is 5.92 Å². The van der Waals surface area contributed by atoms with Crippen LogP contribution in [0.5, 0.6) is 0 Å². The van der Waals surface area contributed by atoms with Gasteiger partial charge in [-0.05, 0) is 6.42 Å². The molecule has 1 amide bonds. The number of nitrogens with zero attached hydrogens (tertiary/aromatic N) is 2. The Morgan fingerprint density at radius 2 is 2.00 bits per heavy atom. The fourth-order valence-electron chi connectivity index (χ4n) is 2.28. The number of carbonyl (C=O) groups is 1. The number of hydrogen-bond donors (Lipinski definition) is 2. The Morgan fingerprint density at radius 3 is 2.47 bits per heavy atom. The molecule has 0 aromatic carbocycles. The molecule has 1 rings (SSSR count). The Morgan fingerprint density at radius 1 is 1.35 bits per heavy atom. The third-order valence-corrected chi connectivity index (χ3v) is 3.37. The Labute approximate surface area is 104 Å². The fourth-order valence-corrected chi connectivity index (χ4v) is 2.28. The molecule has 0 spiro atoms. The molecule has 1 aliphatic heterocycles. The molecule has 1 heterocycles. The first-order chi connectivity index (χ1) is 8.22. The number of carbonyl (C=O) groups excluding carboxylic acids is 1. The van der Waals surface area contributed by atoms with Gasteiger partial charge < -0.3 is 15.7 Å². The van der Waals surface area contributed by atoms with Gasteiger partial charge in [-0.2, -0.15) is 0 Å². The Kier molecular flexibility index (Phi) is 6.47. The second-order valence-corrected chi connectivity index (χ2v) is 4.61. The lowest BCUT2D eigenvalue weighted by Gasteiger charge is -2.36. The van der Waals surface area contributed by atoms with Gasteiger partial charge >= 0.3 is 0 Å². The molecule has 0 radical (unpaired) electrons. The summed E-state index contributed by atoms with van der Waals surface area (Å²) in [5.41, 5.74) is 5.65. The SMILES string of the molecule is CCCC(CN)C(=O)N1CCN(CCO)CC1. The average Bonchev–Trinajstić information content (AvgIpc) is 2.36. The lowest BCUT2D eigenvalue weighted by atomic mass is 10.0. The van der Waals surface area contributed by atoms with Gasteiger partial charge in [0.15, 0.2) is 0 Å². The monoisotopic (exact) mass is 243 g/mol. The number of hydrogen-bond acceptors (Lipinski definition) is 4. The number of nitrogens with two attached hydrogens (primary N) is 1. The molecule has 1 unspecified atom stereocenters. The van der Waals surface area contributed by atoms with Crippen LogP contribution in [-0.4, -0.2) is 66.7 Å². The van der Waals surface area contributed by atoms with Gasteiger partial charge in [0.05, 0.1) is 12.5 Å². The highest BCUT2D eigenvalue weighted by Crippen LogP contribution is 2.11. The first-order valence-electron chi connectivity index (χ1n) is 6.55. The van der Waals surface area contributed by atoms with E-state index in [9.17, 15) is 4.79 Å². The molecule has 3 N–H and O–H groups in total. The van der Waals surface area contributed by atoms with E-state index in [-0.39, 0.29) is 18.4 Å². The number of piperazine rings is 1. The van der Waals surface area contributed by atoms with Crippen molar-refractivity contribution >= 4 is 5.91 Å². The number of aliphatic hydroxyl groups excluding tert-OH is 1. The predicted octanol–water partition coefficient (Wildman–Crippen LogP) is -0.502. The lowest BCUT2D eigenvalue weighted by molar-refractivity contribution is -0.137. The van der Waals surface area contributed by atoms with Crippen LogP contribution >= 0.6 is 0 Å². The molecular weight excluding hydrogens is 218 g/mol. The van der Waals surface area contributed by atoms with E-state index in [1.165, 1.54) is 0 Å². The maximum absolute atomic E-state index is 12.2. The second kappa shape index (κ2) is 7.63. The molecule has 0 aromatic rings. The summed E-state index contributed by atoms with van der Waals surface area (Å²) in [5, 5.41) is 8.85. The van der Waals surface area contributed by atoms with Crippen LogP contribution in [-0.2, 0) is 4.79 Å². The van der Waals surface area contributed by atoms with Crippen LogP contribution in [0.15, 0.2) is 0 Å². The zero-order valence-corrected chi connectivity index (χ0v) is 10.8. The summed E-state index contributed by atoms with van der Waals surface area (Å²) in [6.07, 6.45) is 1.88. The van der Waals surface area contributed by atoms with E-state index in [1.54, 1.807) is 0 Å². The van der Waals surface area contributed by atoms with Crippen molar-refractivity contribution < 1.29 is 9.90 Å². The first kappa shape index (κ1) is 14.4. The smallest absolute Gasteiger partial charge is 0.227 e. The lowest BCUT2D eigenvalue weighted by Crippen LogP contribution is -2.51. The molecule has 100 valence electrons. The molecular formula is C12H25N3O2. The summed E-state index contributed by atoms with van der Waals surface area (Å²) in [5.74, 6) is 0.197. The summed E-state index contributed by atoms with van der Waals surface area (Å²) in [4.78, 5) is 16.3. The minimum absolute atomic E-state index is 0.00982. The highest BCUT2D eigenvalue weighted by Gasteiger charge is 2.25. The van der Waals surface area contributed by atoms with Crippen LogP contribution in [0.25, 0.3) is 0 Å². The number of amides is 1. The van der Waals surface area contributed by atoms with Gasteiger partial charge in [0.2, 0.25) is 5.91 Å². The van der Waals surface area contributed by atoms with Crippen LogP contribution < -0.4 is 5.73 Å². The first-order valence-corrected chi connectivity index (χ1v) is 6.55. The summed E-state index contributed by atoms with van der Waals surface area (Å²) in [7, 11) is 0.